The van der Waals surface area contributed by atoms with E-state index in [0.29, 0.717) is 17.1 Å². The van der Waals surface area contributed by atoms with Crippen LogP contribution in [-0.4, -0.2) is 36.7 Å². The normalized spacial score (nSPS) is 11.5. The molecule has 0 saturated heterocycles. The summed E-state index contributed by atoms with van der Waals surface area (Å²) in [4.78, 5) is 33.0. The second-order valence-electron chi connectivity index (χ2n) is 6.77. The molecule has 0 unspecified atom stereocenters. The first kappa shape index (κ1) is 23.6. The predicted molar refractivity (Wildman–Crippen MR) is 118 cm³/mol. The lowest BCUT2D eigenvalue weighted by Gasteiger charge is -2.06. The molecule has 10 nitrogen and oxygen atoms in total. The van der Waals surface area contributed by atoms with Crippen molar-refractivity contribution in [1.29, 1.82) is 0 Å². The maximum absolute atomic E-state index is 12.4. The van der Waals surface area contributed by atoms with Gasteiger partial charge in [-0.2, -0.15) is 0 Å². The number of rotatable bonds is 10. The van der Waals surface area contributed by atoms with Gasteiger partial charge in [0.15, 0.2) is 5.78 Å². The van der Waals surface area contributed by atoms with E-state index in [1.54, 1.807) is 24.3 Å². The molecule has 3 aromatic rings. The van der Waals surface area contributed by atoms with Crippen molar-refractivity contribution in [2.75, 3.05) is 6.54 Å². The van der Waals surface area contributed by atoms with Crippen molar-refractivity contribution < 1.29 is 32.5 Å². The quantitative estimate of drug-likeness (QED) is 0.197. The number of carboxylic acid groups (broad SMARTS) is 1. The molecule has 0 aliphatic heterocycles. The monoisotopic (exact) mass is 470 g/mol. The van der Waals surface area contributed by atoms with Gasteiger partial charge >= 0.3 is 5.97 Å². The third-order valence-electron chi connectivity index (χ3n) is 4.47. The van der Waals surface area contributed by atoms with Crippen molar-refractivity contribution in [3.63, 3.8) is 0 Å². The van der Waals surface area contributed by atoms with Gasteiger partial charge in [0, 0.05) is 29.8 Å². The van der Waals surface area contributed by atoms with Gasteiger partial charge in [0.25, 0.3) is 5.69 Å². The van der Waals surface area contributed by atoms with E-state index in [1.807, 2.05) is 0 Å². The molecule has 0 amide bonds. The molecule has 170 valence electrons. The smallest absolute Gasteiger partial charge is 0.304 e. The number of ketones is 1. The van der Waals surface area contributed by atoms with Gasteiger partial charge in [-0.1, -0.05) is 0 Å². The van der Waals surface area contributed by atoms with Crippen molar-refractivity contribution in [3.8, 4) is 11.3 Å². The zero-order chi connectivity index (χ0) is 24.0. The summed E-state index contributed by atoms with van der Waals surface area (Å²) in [6.45, 7) is -0.244. The molecule has 0 radical (unpaired) electrons. The number of carbonyl (C=O) groups is 2. The lowest BCUT2D eigenvalue weighted by Crippen LogP contribution is -2.26. The van der Waals surface area contributed by atoms with Gasteiger partial charge in [-0.25, -0.2) is 13.1 Å². The topological polar surface area (TPSA) is 157 Å². The van der Waals surface area contributed by atoms with Crippen LogP contribution in [0.15, 0.2) is 76.1 Å². The molecule has 3 rings (SSSR count). The van der Waals surface area contributed by atoms with E-state index in [9.17, 15) is 28.1 Å². The number of hydrogen-bond acceptors (Lipinski definition) is 7. The first-order valence-electron chi connectivity index (χ1n) is 9.54. The van der Waals surface area contributed by atoms with E-state index in [-0.39, 0.29) is 34.9 Å². The molecule has 0 spiro atoms. The highest BCUT2D eigenvalue weighted by Crippen LogP contribution is 2.25. The Morgan fingerprint density at radius 3 is 2.30 bits per heavy atom. The van der Waals surface area contributed by atoms with Crippen LogP contribution in [0.5, 0.6) is 0 Å². The van der Waals surface area contributed by atoms with Crippen molar-refractivity contribution in [2.24, 2.45) is 0 Å². The van der Waals surface area contributed by atoms with Crippen LogP contribution in [0, 0.1) is 10.1 Å². The first-order valence-corrected chi connectivity index (χ1v) is 11.0. The number of hydrogen-bond donors (Lipinski definition) is 2. The molecule has 1 heterocycles. The van der Waals surface area contributed by atoms with E-state index in [0.717, 1.165) is 0 Å². The van der Waals surface area contributed by atoms with Crippen LogP contribution in [0.1, 0.15) is 22.5 Å². The molecule has 2 aromatic carbocycles. The van der Waals surface area contributed by atoms with Gasteiger partial charge in [0.2, 0.25) is 10.0 Å². The number of carboxylic acids is 1. The molecule has 0 aliphatic rings. The van der Waals surface area contributed by atoms with E-state index in [2.05, 4.69) is 4.72 Å². The second-order valence-corrected chi connectivity index (χ2v) is 8.54. The Kier molecular flexibility index (Phi) is 7.16. The minimum Gasteiger partial charge on any atom is -0.481 e. The SMILES string of the molecule is O=C(O)CCNS(=O)(=O)c1ccc(C(=O)/C=C/c2ccc(-c3ccc([N+](=O)[O-])cc3)o2)cc1. The second kappa shape index (κ2) is 10.0. The maximum atomic E-state index is 12.4. The fourth-order valence-corrected chi connectivity index (χ4v) is 3.80. The highest BCUT2D eigenvalue weighted by Gasteiger charge is 2.15. The summed E-state index contributed by atoms with van der Waals surface area (Å²) in [5, 5.41) is 19.3. The van der Waals surface area contributed by atoms with Gasteiger partial charge in [0.1, 0.15) is 11.5 Å². The highest BCUT2D eigenvalue weighted by atomic mass is 32.2. The van der Waals surface area contributed by atoms with E-state index < -0.39 is 20.9 Å². The lowest BCUT2D eigenvalue weighted by molar-refractivity contribution is -0.384. The molecule has 1 aromatic heterocycles. The zero-order valence-corrected chi connectivity index (χ0v) is 17.8. The predicted octanol–water partition coefficient (Wildman–Crippen LogP) is 3.50. The molecular weight excluding hydrogens is 452 g/mol. The van der Waals surface area contributed by atoms with Gasteiger partial charge < -0.3 is 9.52 Å². The van der Waals surface area contributed by atoms with Crippen molar-refractivity contribution in [2.45, 2.75) is 11.3 Å². The molecule has 11 heteroatoms. The number of aliphatic carboxylic acids is 1. The molecule has 0 aliphatic carbocycles. The number of furan rings is 1. The first-order chi connectivity index (χ1) is 15.7. The Labute approximate surface area is 188 Å². The molecular formula is C22H18N2O8S. The van der Waals surface area contributed by atoms with Crippen molar-refractivity contribution in [1.82, 2.24) is 4.72 Å². The van der Waals surface area contributed by atoms with E-state index in [4.69, 9.17) is 9.52 Å². The number of nitrogens with zero attached hydrogens (tertiary/aromatic N) is 1. The Balaban J connectivity index is 1.65. The van der Waals surface area contributed by atoms with Crippen LogP contribution < -0.4 is 4.72 Å². The number of carbonyl (C=O) groups excluding carboxylic acids is 1. The van der Waals surface area contributed by atoms with Crippen molar-refractivity contribution in [3.05, 3.63) is 88.2 Å². The summed E-state index contributed by atoms with van der Waals surface area (Å²) in [5.74, 6) is -0.645. The number of benzene rings is 2. The molecule has 0 atom stereocenters. The minimum absolute atomic E-state index is 0.0362. The summed E-state index contributed by atoms with van der Waals surface area (Å²) >= 11 is 0. The van der Waals surface area contributed by atoms with Gasteiger partial charge in [-0.05, 0) is 60.7 Å². The fraction of sp³-hybridized carbons (Fsp3) is 0.0909. The minimum atomic E-state index is -3.88. The van der Waals surface area contributed by atoms with Crippen molar-refractivity contribution >= 4 is 33.5 Å². The van der Waals surface area contributed by atoms with Crippen LogP contribution in [0.2, 0.25) is 0 Å². The molecule has 0 bridgehead atoms. The molecule has 0 saturated carbocycles. The summed E-state index contributed by atoms with van der Waals surface area (Å²) in [5.41, 5.74) is 0.851. The third kappa shape index (κ3) is 6.21. The fourth-order valence-electron chi connectivity index (χ4n) is 2.77. The summed E-state index contributed by atoms with van der Waals surface area (Å²) < 4.78 is 32.1. The molecule has 0 fully saturated rings. The zero-order valence-electron chi connectivity index (χ0n) is 17.0. The van der Waals surface area contributed by atoms with Gasteiger partial charge in [-0.3, -0.25) is 19.7 Å². The number of nitro groups is 1. The number of sulfonamides is 1. The Bertz CT molecular complexity index is 1310. The van der Waals surface area contributed by atoms with Crippen LogP contribution in [-0.2, 0) is 14.8 Å². The summed E-state index contributed by atoms with van der Waals surface area (Å²) in [6, 6.07) is 14.4. The van der Waals surface area contributed by atoms with Gasteiger partial charge in [0.05, 0.1) is 16.2 Å². The standard InChI is InChI=1S/C22H18N2O8S/c25-20(15-3-9-19(10-4-15)33(30,31)23-14-13-22(26)27)11-7-18-8-12-21(32-18)16-1-5-17(6-2-16)24(28)29/h1-12,23H,13-14H2,(H,26,27)/b11-7+. The largest absolute Gasteiger partial charge is 0.481 e. The number of nitro benzene ring substituents is 1. The number of non-ortho nitro benzene ring substituents is 1. The van der Waals surface area contributed by atoms with Crippen LogP contribution in [0.4, 0.5) is 5.69 Å². The maximum Gasteiger partial charge on any atom is 0.304 e. The Hall–Kier alpha value is -4.09. The summed E-state index contributed by atoms with van der Waals surface area (Å²) in [6.07, 6.45) is 2.38. The Morgan fingerprint density at radius 2 is 1.70 bits per heavy atom. The number of allylic oxidation sites excluding steroid dienone is 1. The van der Waals surface area contributed by atoms with Crippen LogP contribution in [0.25, 0.3) is 17.4 Å². The lowest BCUT2D eigenvalue weighted by atomic mass is 10.1. The average molecular weight is 470 g/mol. The average Bonchev–Trinajstić information content (AvgIpc) is 3.26. The summed E-state index contributed by atoms with van der Waals surface area (Å²) in [7, 11) is -3.88. The Morgan fingerprint density at radius 1 is 1.03 bits per heavy atom. The number of nitrogens with one attached hydrogen (secondary N) is 1. The molecule has 2 N–H and O–H groups in total. The van der Waals surface area contributed by atoms with Gasteiger partial charge in [-0.15, -0.1) is 0 Å². The van der Waals surface area contributed by atoms with E-state index >= 15 is 0 Å². The molecule has 33 heavy (non-hydrogen) atoms. The van der Waals surface area contributed by atoms with Crippen LogP contribution in [0.3, 0.4) is 0 Å². The van der Waals surface area contributed by atoms with E-state index in [1.165, 1.54) is 48.6 Å². The third-order valence-corrected chi connectivity index (χ3v) is 5.95. The van der Waals surface area contributed by atoms with Crippen LogP contribution >= 0.6 is 0 Å². The highest BCUT2D eigenvalue weighted by molar-refractivity contribution is 7.89.